The molecule has 0 aromatic heterocycles. The molecule has 0 radical (unpaired) electrons. The minimum Gasteiger partial charge on any atom is -0.337 e. The third kappa shape index (κ3) is 2.58. The largest absolute Gasteiger partial charge is 0.337 e. The van der Waals surface area contributed by atoms with E-state index >= 15 is 0 Å². The van der Waals surface area contributed by atoms with E-state index in [9.17, 15) is 9.18 Å². The van der Waals surface area contributed by atoms with E-state index in [-0.39, 0.29) is 17.8 Å². The highest BCUT2D eigenvalue weighted by atomic mass is 19.1. The standard InChI is InChI=1S/C12H15FN2O/c13-10-3-1-9(2-4-10)7-15-8-11(14)5-6-12(15)16/h1-4,11H,5-8,14H2. The monoisotopic (exact) mass is 222 g/mol. The number of carbonyl (C=O) groups excluding carboxylic acids is 1. The van der Waals surface area contributed by atoms with Crippen molar-refractivity contribution in [2.75, 3.05) is 6.54 Å². The van der Waals surface area contributed by atoms with E-state index in [1.807, 2.05) is 0 Å². The van der Waals surface area contributed by atoms with Crippen LogP contribution in [0, 0.1) is 5.82 Å². The molecule has 2 N–H and O–H groups in total. The van der Waals surface area contributed by atoms with Gasteiger partial charge < -0.3 is 10.6 Å². The molecule has 1 unspecified atom stereocenters. The average Bonchev–Trinajstić information content (AvgIpc) is 2.27. The minimum absolute atomic E-state index is 0.0677. The third-order valence-electron chi connectivity index (χ3n) is 2.82. The Kier molecular flexibility index (Phi) is 3.19. The maximum absolute atomic E-state index is 12.7. The number of hydrogen-bond donors (Lipinski definition) is 1. The Balaban J connectivity index is 2.02. The summed E-state index contributed by atoms with van der Waals surface area (Å²) in [6, 6.07) is 6.27. The molecule has 2 rings (SSSR count). The molecule has 4 heteroatoms. The quantitative estimate of drug-likeness (QED) is 0.819. The first kappa shape index (κ1) is 11.1. The number of likely N-dealkylation sites (tertiary alicyclic amines) is 1. The summed E-state index contributed by atoms with van der Waals surface area (Å²) in [5.41, 5.74) is 6.75. The number of halogens is 1. The van der Waals surface area contributed by atoms with Gasteiger partial charge in [-0.2, -0.15) is 0 Å². The lowest BCUT2D eigenvalue weighted by molar-refractivity contribution is -0.134. The number of rotatable bonds is 2. The fraction of sp³-hybridized carbons (Fsp3) is 0.417. The summed E-state index contributed by atoms with van der Waals surface area (Å²) in [6.45, 7) is 1.11. The van der Waals surface area contributed by atoms with Gasteiger partial charge >= 0.3 is 0 Å². The SMILES string of the molecule is NC1CCC(=O)N(Cc2ccc(F)cc2)C1. The molecule has 1 aromatic rings. The summed E-state index contributed by atoms with van der Waals surface area (Å²) in [6.07, 6.45) is 1.28. The number of benzene rings is 1. The summed E-state index contributed by atoms with van der Waals surface area (Å²) >= 11 is 0. The van der Waals surface area contributed by atoms with Crippen molar-refractivity contribution < 1.29 is 9.18 Å². The molecule has 0 saturated carbocycles. The van der Waals surface area contributed by atoms with Crippen LogP contribution >= 0.6 is 0 Å². The smallest absolute Gasteiger partial charge is 0.222 e. The highest BCUT2D eigenvalue weighted by Gasteiger charge is 2.22. The highest BCUT2D eigenvalue weighted by Crippen LogP contribution is 2.14. The maximum atomic E-state index is 12.7. The Morgan fingerprint density at radius 2 is 2.06 bits per heavy atom. The average molecular weight is 222 g/mol. The van der Waals surface area contributed by atoms with Gasteiger partial charge in [0, 0.05) is 25.6 Å². The van der Waals surface area contributed by atoms with Gasteiger partial charge in [0.1, 0.15) is 5.82 Å². The van der Waals surface area contributed by atoms with Crippen molar-refractivity contribution in [3.05, 3.63) is 35.6 Å². The second-order valence-corrected chi connectivity index (χ2v) is 4.20. The Labute approximate surface area is 94.0 Å². The molecule has 1 saturated heterocycles. The molecule has 0 spiro atoms. The minimum atomic E-state index is -0.259. The van der Waals surface area contributed by atoms with E-state index in [2.05, 4.69) is 0 Å². The van der Waals surface area contributed by atoms with Crippen LogP contribution in [0.4, 0.5) is 4.39 Å². The van der Waals surface area contributed by atoms with Gasteiger partial charge in [-0.25, -0.2) is 4.39 Å². The van der Waals surface area contributed by atoms with Crippen molar-refractivity contribution in [1.82, 2.24) is 4.90 Å². The van der Waals surface area contributed by atoms with Crippen molar-refractivity contribution >= 4 is 5.91 Å². The van der Waals surface area contributed by atoms with Crippen LogP contribution < -0.4 is 5.73 Å². The third-order valence-corrected chi connectivity index (χ3v) is 2.82. The Hall–Kier alpha value is -1.42. The molecule has 1 amide bonds. The fourth-order valence-electron chi connectivity index (χ4n) is 1.91. The lowest BCUT2D eigenvalue weighted by atomic mass is 10.1. The van der Waals surface area contributed by atoms with Crippen LogP contribution in [0.2, 0.25) is 0 Å². The van der Waals surface area contributed by atoms with Gasteiger partial charge in [0.2, 0.25) is 5.91 Å². The lowest BCUT2D eigenvalue weighted by Crippen LogP contribution is -2.45. The molecule has 1 aliphatic rings. The normalized spacial score (nSPS) is 21.2. The molecule has 1 fully saturated rings. The Bertz CT molecular complexity index is 377. The highest BCUT2D eigenvalue weighted by molar-refractivity contribution is 5.77. The summed E-state index contributed by atoms with van der Waals surface area (Å²) in [4.78, 5) is 13.3. The van der Waals surface area contributed by atoms with Gasteiger partial charge in [-0.05, 0) is 24.1 Å². The molecule has 3 nitrogen and oxygen atoms in total. The van der Waals surface area contributed by atoms with E-state index in [1.54, 1.807) is 17.0 Å². The molecule has 1 aromatic carbocycles. The van der Waals surface area contributed by atoms with E-state index in [4.69, 9.17) is 5.73 Å². The van der Waals surface area contributed by atoms with Gasteiger partial charge in [-0.15, -0.1) is 0 Å². The number of nitrogens with two attached hydrogens (primary N) is 1. The van der Waals surface area contributed by atoms with Gasteiger partial charge in [0.15, 0.2) is 0 Å². The predicted molar refractivity (Wildman–Crippen MR) is 59.0 cm³/mol. The van der Waals surface area contributed by atoms with Gasteiger partial charge in [0.25, 0.3) is 0 Å². The van der Waals surface area contributed by atoms with E-state index in [1.165, 1.54) is 12.1 Å². The zero-order chi connectivity index (χ0) is 11.5. The van der Waals surface area contributed by atoms with E-state index in [0.717, 1.165) is 12.0 Å². The first-order valence-electron chi connectivity index (χ1n) is 5.43. The molecule has 86 valence electrons. The summed E-state index contributed by atoms with van der Waals surface area (Å²) in [7, 11) is 0. The van der Waals surface area contributed by atoms with Crippen LogP contribution in [-0.2, 0) is 11.3 Å². The van der Waals surface area contributed by atoms with Crippen molar-refractivity contribution in [2.24, 2.45) is 5.73 Å². The van der Waals surface area contributed by atoms with Crippen molar-refractivity contribution in [2.45, 2.75) is 25.4 Å². The molecule has 0 bridgehead atoms. The second kappa shape index (κ2) is 4.61. The van der Waals surface area contributed by atoms with Crippen LogP contribution in [-0.4, -0.2) is 23.4 Å². The molecular weight excluding hydrogens is 207 g/mol. The summed E-state index contributed by atoms with van der Waals surface area (Å²) in [5, 5.41) is 0. The number of piperidine rings is 1. The molecule has 0 aliphatic carbocycles. The van der Waals surface area contributed by atoms with E-state index in [0.29, 0.717) is 19.5 Å². The number of amides is 1. The lowest BCUT2D eigenvalue weighted by Gasteiger charge is -2.30. The van der Waals surface area contributed by atoms with Gasteiger partial charge in [-0.3, -0.25) is 4.79 Å². The first-order chi connectivity index (χ1) is 7.65. The molecular formula is C12H15FN2O. The zero-order valence-electron chi connectivity index (χ0n) is 9.03. The Morgan fingerprint density at radius 3 is 2.75 bits per heavy atom. The summed E-state index contributed by atoms with van der Waals surface area (Å²) in [5.74, 6) is -0.128. The van der Waals surface area contributed by atoms with Crippen molar-refractivity contribution in [1.29, 1.82) is 0 Å². The van der Waals surface area contributed by atoms with Gasteiger partial charge in [0.05, 0.1) is 0 Å². The number of carbonyl (C=O) groups is 1. The first-order valence-corrected chi connectivity index (χ1v) is 5.43. The number of nitrogens with zero attached hydrogens (tertiary/aromatic N) is 1. The van der Waals surface area contributed by atoms with Crippen molar-refractivity contribution in [3.63, 3.8) is 0 Å². The van der Waals surface area contributed by atoms with E-state index < -0.39 is 0 Å². The molecule has 16 heavy (non-hydrogen) atoms. The van der Waals surface area contributed by atoms with Crippen LogP contribution in [0.25, 0.3) is 0 Å². The predicted octanol–water partition coefficient (Wildman–Crippen LogP) is 1.28. The second-order valence-electron chi connectivity index (χ2n) is 4.20. The van der Waals surface area contributed by atoms with Crippen LogP contribution in [0.3, 0.4) is 0 Å². The van der Waals surface area contributed by atoms with Crippen LogP contribution in [0.5, 0.6) is 0 Å². The van der Waals surface area contributed by atoms with Gasteiger partial charge in [-0.1, -0.05) is 12.1 Å². The van der Waals surface area contributed by atoms with Crippen LogP contribution in [0.1, 0.15) is 18.4 Å². The molecule has 1 aliphatic heterocycles. The van der Waals surface area contributed by atoms with Crippen LogP contribution in [0.15, 0.2) is 24.3 Å². The van der Waals surface area contributed by atoms with Crippen molar-refractivity contribution in [3.8, 4) is 0 Å². The number of hydrogen-bond acceptors (Lipinski definition) is 2. The maximum Gasteiger partial charge on any atom is 0.222 e. The molecule has 1 atom stereocenters. The molecule has 1 heterocycles. The topological polar surface area (TPSA) is 46.3 Å². The zero-order valence-corrected chi connectivity index (χ0v) is 9.03. The Morgan fingerprint density at radius 1 is 1.38 bits per heavy atom. The fourth-order valence-corrected chi connectivity index (χ4v) is 1.91. The summed E-state index contributed by atoms with van der Waals surface area (Å²) < 4.78 is 12.7.